The Hall–Kier alpha value is 3.90. The van der Waals surface area contributed by atoms with Gasteiger partial charge in [0.2, 0.25) is 0 Å². The predicted molar refractivity (Wildman–Crippen MR) is 7.69 cm³/mol. The molecule has 0 rings (SSSR count). The molecule has 0 aliphatic carbocycles. The molecule has 0 aliphatic heterocycles. The molecule has 1 N–H and O–H groups in total. The number of hydrogen-bond donors (Lipinski definition) is 0. The molecule has 0 atom stereocenters. The van der Waals surface area contributed by atoms with Crippen molar-refractivity contribution in [3.05, 3.63) is 0 Å². The summed E-state index contributed by atoms with van der Waals surface area (Å²) in [6.07, 6.45) is 0. The largest absolute Gasteiger partial charge is 1.00 e. The van der Waals surface area contributed by atoms with Gasteiger partial charge in [0.15, 0.2) is 0 Å². The van der Waals surface area contributed by atoms with Gasteiger partial charge in [-0.1, -0.05) is 0 Å². The van der Waals surface area contributed by atoms with Gasteiger partial charge in [0.1, 0.15) is 0 Å². The molecule has 9 heteroatoms. The molecule has 0 aromatic heterocycles. The van der Waals surface area contributed by atoms with Crippen LogP contribution in [0.25, 0.3) is 0 Å². The van der Waals surface area contributed by atoms with Crippen molar-refractivity contribution in [2.45, 2.75) is 0 Å². The van der Waals surface area contributed by atoms with E-state index in [1.165, 1.54) is 0 Å². The van der Waals surface area contributed by atoms with Gasteiger partial charge in [0.05, 0.1) is 0 Å². The van der Waals surface area contributed by atoms with E-state index in [-0.39, 0.29) is 124 Å². The van der Waals surface area contributed by atoms with Crippen molar-refractivity contribution in [1.82, 2.24) is 0 Å². The predicted octanol–water partition coefficient (Wildman–Crippen LogP) is -16.1. The van der Waals surface area contributed by atoms with Crippen molar-refractivity contribution in [3.63, 3.8) is 0 Å². The molecule has 0 aromatic carbocycles. The van der Waals surface area contributed by atoms with E-state index in [1.807, 2.05) is 0 Å². The molecule has 0 amide bonds. The zero-order valence-electron chi connectivity index (χ0n) is 6.25. The molecule has 32 valence electrons. The zero-order valence-corrected chi connectivity index (χ0v) is 14.2. The Balaban J connectivity index is -0.00000000450. The first-order valence-electron chi connectivity index (χ1n) is 0.707. The van der Waals surface area contributed by atoms with E-state index < -0.39 is 7.32 Å². The van der Waals surface area contributed by atoms with Crippen LogP contribution in [0.5, 0.6) is 0 Å². The Morgan fingerprint density at radius 1 is 0.667 bits per heavy atom. The van der Waals surface area contributed by atoms with E-state index in [4.69, 9.17) is 15.1 Å². The fraction of sp³-hybridized carbons (Fsp3) is 0. The molecule has 0 saturated carbocycles. The molecule has 0 saturated heterocycles. The van der Waals surface area contributed by atoms with Crippen molar-refractivity contribution in [2.24, 2.45) is 0 Å². The molecule has 4 nitrogen and oxygen atoms in total. The summed E-state index contributed by atoms with van der Waals surface area (Å²) in [7, 11) is -2.92. The van der Waals surface area contributed by atoms with Crippen LogP contribution in [0.2, 0.25) is 0 Å². The zero-order chi connectivity index (χ0) is 3.58. The van der Waals surface area contributed by atoms with Gasteiger partial charge < -0.3 is 20.5 Å². The summed E-state index contributed by atoms with van der Waals surface area (Å²) in [6.45, 7) is 0. The second-order valence-electron chi connectivity index (χ2n) is 0.289. The standard InChI is InChI=1S/BO3.4Na.H2O/c2-1(3)4;;;;;/h;;;;;1H2/q-3;4*+1;/p-1. The van der Waals surface area contributed by atoms with Gasteiger partial charge >= 0.3 is 118 Å². The minimum Gasteiger partial charge on any atom is -0.907 e. The molecule has 0 fully saturated rings. The fourth-order valence-corrected chi connectivity index (χ4v) is 0. The minimum absolute atomic E-state index is 0. The summed E-state index contributed by atoms with van der Waals surface area (Å²) in [6, 6.07) is 0. The van der Waals surface area contributed by atoms with Gasteiger partial charge in [0.25, 0.3) is 0 Å². The van der Waals surface area contributed by atoms with E-state index in [0.717, 1.165) is 0 Å². The van der Waals surface area contributed by atoms with Crippen LogP contribution in [0.4, 0.5) is 0 Å². The normalized spacial score (nSPS) is 3.00. The maximum Gasteiger partial charge on any atom is 1.00 e. The Labute approximate surface area is 143 Å². The van der Waals surface area contributed by atoms with Gasteiger partial charge in [-0.3, -0.25) is 7.32 Å². The third-order valence-corrected chi connectivity index (χ3v) is 0. The van der Waals surface area contributed by atoms with Gasteiger partial charge in [-0.25, -0.2) is 0 Å². The first-order chi connectivity index (χ1) is 1.73. The Bertz CT molecular complexity index is 17.3. The van der Waals surface area contributed by atoms with Crippen LogP contribution in [0.15, 0.2) is 0 Å². The molecule has 0 bridgehead atoms. The molecule has 0 unspecified atom stereocenters. The molecule has 0 heterocycles. The molecular formula is HBNa4O4. The van der Waals surface area contributed by atoms with Crippen molar-refractivity contribution >= 4 is 7.32 Å². The second-order valence-corrected chi connectivity index (χ2v) is 0.289. The summed E-state index contributed by atoms with van der Waals surface area (Å²) in [5, 5.41) is 25.2. The van der Waals surface area contributed by atoms with Crippen LogP contribution in [-0.4, -0.2) is 12.8 Å². The average molecular weight is 168 g/mol. The van der Waals surface area contributed by atoms with Gasteiger partial charge in [-0.15, -0.1) is 0 Å². The van der Waals surface area contributed by atoms with Gasteiger partial charge in [-0.2, -0.15) is 0 Å². The SMILES string of the molecule is [Na+].[Na+].[Na+].[Na+].[O-]B([O-])[O-].[OH-]. The first kappa shape index (κ1) is 38.4. The summed E-state index contributed by atoms with van der Waals surface area (Å²) >= 11 is 0. The van der Waals surface area contributed by atoms with Gasteiger partial charge in [-0.05, 0) is 0 Å². The number of rotatable bonds is 0. The Kier molecular flexibility index (Phi) is 127. The Morgan fingerprint density at radius 3 is 0.667 bits per heavy atom. The van der Waals surface area contributed by atoms with Crippen LogP contribution < -0.4 is 133 Å². The van der Waals surface area contributed by atoms with Crippen molar-refractivity contribution in [3.8, 4) is 0 Å². The van der Waals surface area contributed by atoms with Crippen molar-refractivity contribution in [1.29, 1.82) is 0 Å². The maximum absolute atomic E-state index is 8.42. The smallest absolute Gasteiger partial charge is 0.907 e. The molecule has 9 heavy (non-hydrogen) atoms. The van der Waals surface area contributed by atoms with Crippen LogP contribution in [0.3, 0.4) is 0 Å². The topological polar surface area (TPSA) is 99.2 Å². The number of hydrogen-bond acceptors (Lipinski definition) is 4. The second kappa shape index (κ2) is 29.7. The third-order valence-electron chi connectivity index (χ3n) is 0. The van der Waals surface area contributed by atoms with E-state index in [0.29, 0.717) is 0 Å². The van der Waals surface area contributed by atoms with Crippen LogP contribution in [-0.2, 0) is 0 Å². The molecular weight excluding hydrogens is 167 g/mol. The summed E-state index contributed by atoms with van der Waals surface area (Å²) in [5.41, 5.74) is 0. The maximum atomic E-state index is 8.42. The van der Waals surface area contributed by atoms with Crippen LogP contribution in [0, 0.1) is 0 Å². The first-order valence-corrected chi connectivity index (χ1v) is 0.707. The summed E-state index contributed by atoms with van der Waals surface area (Å²) in [4.78, 5) is 0. The van der Waals surface area contributed by atoms with E-state index >= 15 is 0 Å². The van der Waals surface area contributed by atoms with Crippen molar-refractivity contribution in [2.75, 3.05) is 0 Å². The van der Waals surface area contributed by atoms with Crippen LogP contribution in [0.1, 0.15) is 0 Å². The van der Waals surface area contributed by atoms with Crippen LogP contribution >= 0.6 is 0 Å². The van der Waals surface area contributed by atoms with Gasteiger partial charge in [0, 0.05) is 0 Å². The third kappa shape index (κ3) is 76.6. The van der Waals surface area contributed by atoms with E-state index in [9.17, 15) is 0 Å². The minimum atomic E-state index is -2.92. The van der Waals surface area contributed by atoms with Crippen molar-refractivity contribution < 1.29 is 139 Å². The average Bonchev–Trinajstić information content (AvgIpc) is 0.811. The van der Waals surface area contributed by atoms with E-state index in [2.05, 4.69) is 0 Å². The Morgan fingerprint density at radius 2 is 0.667 bits per heavy atom. The summed E-state index contributed by atoms with van der Waals surface area (Å²) in [5.74, 6) is 0. The summed E-state index contributed by atoms with van der Waals surface area (Å²) < 4.78 is 0. The molecule has 0 aliphatic rings. The fourth-order valence-electron chi connectivity index (χ4n) is 0. The molecule has 0 aromatic rings. The van der Waals surface area contributed by atoms with E-state index in [1.54, 1.807) is 0 Å². The molecule has 0 radical (unpaired) electrons. The molecule has 0 spiro atoms. The quantitative estimate of drug-likeness (QED) is 0.335. The monoisotopic (exact) mass is 168 g/mol.